The normalized spacial score (nSPS) is 11.1. The van der Waals surface area contributed by atoms with Crippen LogP contribution in [0.4, 0.5) is 16.2 Å². The molecule has 26 heavy (non-hydrogen) atoms. The van der Waals surface area contributed by atoms with Crippen LogP contribution in [0.25, 0.3) is 0 Å². The molecule has 0 heterocycles. The Morgan fingerprint density at radius 3 is 1.92 bits per heavy atom. The Hall–Kier alpha value is -2.53. The zero-order chi connectivity index (χ0) is 19.0. The molecule has 0 atom stereocenters. The quantitative estimate of drug-likeness (QED) is 0.707. The van der Waals surface area contributed by atoms with Gasteiger partial charge in [-0.25, -0.2) is 4.79 Å². The van der Waals surface area contributed by atoms with Crippen molar-refractivity contribution in [2.24, 2.45) is 0 Å². The third-order valence-corrected chi connectivity index (χ3v) is 3.70. The second kappa shape index (κ2) is 9.25. The van der Waals surface area contributed by atoms with E-state index in [0.29, 0.717) is 12.3 Å². The third-order valence-electron chi connectivity index (χ3n) is 3.70. The van der Waals surface area contributed by atoms with Crippen LogP contribution in [-0.2, 0) is 15.9 Å². The van der Waals surface area contributed by atoms with Crippen molar-refractivity contribution in [1.82, 2.24) is 0 Å². The van der Waals surface area contributed by atoms with Gasteiger partial charge in [-0.3, -0.25) is 5.32 Å². The van der Waals surface area contributed by atoms with Gasteiger partial charge in [0.15, 0.2) is 0 Å². The smallest absolute Gasteiger partial charge is 0.411 e. The van der Waals surface area contributed by atoms with Crippen LogP contribution in [0, 0.1) is 0 Å². The molecule has 2 N–H and O–H groups in total. The molecule has 0 saturated carbocycles. The van der Waals surface area contributed by atoms with Crippen molar-refractivity contribution in [3.63, 3.8) is 0 Å². The van der Waals surface area contributed by atoms with Crippen LogP contribution in [0.5, 0.6) is 0 Å². The Labute approximate surface area is 155 Å². The highest BCUT2D eigenvalue weighted by Gasteiger charge is 2.10. The summed E-state index contributed by atoms with van der Waals surface area (Å²) >= 11 is 0. The molecule has 5 nitrogen and oxygen atoms in total. The third kappa shape index (κ3) is 7.15. The Bertz CT molecular complexity index is 689. The van der Waals surface area contributed by atoms with Crippen molar-refractivity contribution in [3.8, 4) is 0 Å². The average molecular weight is 356 g/mol. The summed E-state index contributed by atoms with van der Waals surface area (Å²) in [5.74, 6) is 0. The van der Waals surface area contributed by atoms with Gasteiger partial charge in [-0.15, -0.1) is 0 Å². The molecule has 1 amide bonds. The lowest BCUT2D eigenvalue weighted by Crippen LogP contribution is -2.23. The van der Waals surface area contributed by atoms with E-state index in [1.165, 1.54) is 11.1 Å². The van der Waals surface area contributed by atoms with Crippen molar-refractivity contribution in [1.29, 1.82) is 0 Å². The van der Waals surface area contributed by atoms with Gasteiger partial charge in [0.1, 0.15) is 6.61 Å². The fourth-order valence-corrected chi connectivity index (χ4v) is 2.37. The van der Waals surface area contributed by atoms with Crippen molar-refractivity contribution >= 4 is 17.5 Å². The first kappa shape index (κ1) is 19.8. The SMILES string of the molecule is CNc1ccc(Cc2ccc(NC(=O)OCCOC(C)(C)C)cc2)cc1. The highest BCUT2D eigenvalue weighted by atomic mass is 16.6. The van der Waals surface area contributed by atoms with Gasteiger partial charge in [0.05, 0.1) is 12.2 Å². The largest absolute Gasteiger partial charge is 0.447 e. The van der Waals surface area contributed by atoms with Gasteiger partial charge in [-0.05, 0) is 62.6 Å². The molecule has 0 spiro atoms. The molecule has 0 radical (unpaired) electrons. The van der Waals surface area contributed by atoms with Crippen LogP contribution in [0.15, 0.2) is 48.5 Å². The molecule has 5 heteroatoms. The average Bonchev–Trinajstić information content (AvgIpc) is 2.60. The molecule has 2 aromatic rings. The highest BCUT2D eigenvalue weighted by Crippen LogP contribution is 2.16. The monoisotopic (exact) mass is 356 g/mol. The van der Waals surface area contributed by atoms with Crippen molar-refractivity contribution < 1.29 is 14.3 Å². The summed E-state index contributed by atoms with van der Waals surface area (Å²) in [7, 11) is 1.91. The number of carbonyl (C=O) groups excluding carboxylic acids is 1. The molecule has 0 saturated heterocycles. The summed E-state index contributed by atoms with van der Waals surface area (Å²) in [6.45, 7) is 6.49. The standard InChI is InChI=1S/C21H28N2O3/c1-21(2,3)26-14-13-25-20(24)23-19-11-7-17(8-12-19)15-16-5-9-18(22-4)10-6-16/h5-12,22H,13-15H2,1-4H3,(H,23,24). The van der Waals surface area contributed by atoms with E-state index in [9.17, 15) is 4.79 Å². The molecular weight excluding hydrogens is 328 g/mol. The van der Waals surface area contributed by atoms with Gasteiger partial charge in [0.25, 0.3) is 0 Å². The highest BCUT2D eigenvalue weighted by molar-refractivity contribution is 5.84. The van der Waals surface area contributed by atoms with Crippen LogP contribution in [0.2, 0.25) is 0 Å². The maximum absolute atomic E-state index is 11.8. The molecule has 0 aromatic heterocycles. The number of anilines is 2. The van der Waals surface area contributed by atoms with Crippen molar-refractivity contribution in [2.45, 2.75) is 32.8 Å². The second-order valence-electron chi connectivity index (χ2n) is 7.04. The fourth-order valence-electron chi connectivity index (χ4n) is 2.37. The van der Waals surface area contributed by atoms with E-state index >= 15 is 0 Å². The summed E-state index contributed by atoms with van der Waals surface area (Å²) in [4.78, 5) is 11.8. The van der Waals surface area contributed by atoms with Crippen LogP contribution in [-0.4, -0.2) is 32.0 Å². The number of benzene rings is 2. The Morgan fingerprint density at radius 2 is 1.42 bits per heavy atom. The zero-order valence-electron chi connectivity index (χ0n) is 16.0. The number of amides is 1. The van der Waals surface area contributed by atoms with Crippen LogP contribution < -0.4 is 10.6 Å². The van der Waals surface area contributed by atoms with E-state index in [-0.39, 0.29) is 12.2 Å². The summed E-state index contributed by atoms with van der Waals surface area (Å²) in [5, 5.41) is 5.83. The molecule has 0 fully saturated rings. The number of ether oxygens (including phenoxy) is 2. The molecule has 0 bridgehead atoms. The molecule has 2 rings (SSSR count). The van der Waals surface area contributed by atoms with Gasteiger partial charge in [0.2, 0.25) is 0 Å². The van der Waals surface area contributed by atoms with E-state index in [2.05, 4.69) is 34.9 Å². The zero-order valence-corrected chi connectivity index (χ0v) is 16.0. The molecule has 0 aliphatic heterocycles. The molecular formula is C21H28N2O3. The predicted molar refractivity (Wildman–Crippen MR) is 106 cm³/mol. The second-order valence-corrected chi connectivity index (χ2v) is 7.04. The van der Waals surface area contributed by atoms with Crippen LogP contribution in [0.3, 0.4) is 0 Å². The molecule has 140 valence electrons. The predicted octanol–water partition coefficient (Wildman–Crippen LogP) is 4.68. The van der Waals surface area contributed by atoms with E-state index in [4.69, 9.17) is 9.47 Å². The first-order valence-corrected chi connectivity index (χ1v) is 8.79. The lowest BCUT2D eigenvalue weighted by molar-refractivity contribution is -0.0218. The Kier molecular flexibility index (Phi) is 7.04. The van der Waals surface area contributed by atoms with Crippen molar-refractivity contribution in [2.75, 3.05) is 30.9 Å². The number of carbonyl (C=O) groups is 1. The maximum Gasteiger partial charge on any atom is 0.411 e. The molecule has 0 aliphatic carbocycles. The lowest BCUT2D eigenvalue weighted by atomic mass is 10.0. The first-order valence-electron chi connectivity index (χ1n) is 8.79. The topological polar surface area (TPSA) is 59.6 Å². The number of hydrogen-bond acceptors (Lipinski definition) is 4. The van der Waals surface area contributed by atoms with Gasteiger partial charge >= 0.3 is 6.09 Å². The van der Waals surface area contributed by atoms with E-state index < -0.39 is 6.09 Å². The Balaban J connectivity index is 1.78. The van der Waals surface area contributed by atoms with E-state index in [1.807, 2.05) is 52.1 Å². The summed E-state index contributed by atoms with van der Waals surface area (Å²) in [6, 6.07) is 16.1. The minimum atomic E-state index is -0.474. The summed E-state index contributed by atoms with van der Waals surface area (Å²) in [5.41, 5.74) is 3.99. The lowest BCUT2D eigenvalue weighted by Gasteiger charge is -2.19. The molecule has 0 aliphatic rings. The van der Waals surface area contributed by atoms with Gasteiger partial charge in [-0.2, -0.15) is 0 Å². The van der Waals surface area contributed by atoms with Crippen molar-refractivity contribution in [3.05, 3.63) is 59.7 Å². The summed E-state index contributed by atoms with van der Waals surface area (Å²) < 4.78 is 10.6. The van der Waals surface area contributed by atoms with Crippen LogP contribution >= 0.6 is 0 Å². The van der Waals surface area contributed by atoms with Crippen LogP contribution in [0.1, 0.15) is 31.9 Å². The van der Waals surface area contributed by atoms with Gasteiger partial charge in [0, 0.05) is 18.4 Å². The fraction of sp³-hybridized carbons (Fsp3) is 0.381. The number of rotatable bonds is 7. The maximum atomic E-state index is 11.8. The van der Waals surface area contributed by atoms with E-state index in [1.54, 1.807) is 0 Å². The molecule has 2 aromatic carbocycles. The summed E-state index contributed by atoms with van der Waals surface area (Å²) in [6.07, 6.45) is 0.372. The Morgan fingerprint density at radius 1 is 0.885 bits per heavy atom. The molecule has 0 unspecified atom stereocenters. The number of hydrogen-bond donors (Lipinski definition) is 2. The van der Waals surface area contributed by atoms with Gasteiger partial charge < -0.3 is 14.8 Å². The van der Waals surface area contributed by atoms with E-state index in [0.717, 1.165) is 12.1 Å². The van der Waals surface area contributed by atoms with Gasteiger partial charge in [-0.1, -0.05) is 24.3 Å². The first-order chi connectivity index (χ1) is 12.4. The number of nitrogens with one attached hydrogen (secondary N) is 2. The minimum absolute atomic E-state index is 0.226. The minimum Gasteiger partial charge on any atom is -0.447 e.